The summed E-state index contributed by atoms with van der Waals surface area (Å²) in [4.78, 5) is 11.1. The molecule has 1 rings (SSSR count). The van der Waals surface area contributed by atoms with Crippen LogP contribution in [0.5, 0.6) is 11.5 Å². The Labute approximate surface area is 132 Å². The molecule has 1 aromatic carbocycles. The fraction of sp³-hybridized carbons (Fsp3) is 0.588. The monoisotopic (exact) mass is 309 g/mol. The zero-order chi connectivity index (χ0) is 16.8. The Morgan fingerprint density at radius 2 is 1.95 bits per heavy atom. The second-order valence-electron chi connectivity index (χ2n) is 5.85. The van der Waals surface area contributed by atoms with Crippen molar-refractivity contribution < 1.29 is 19.4 Å². The molecule has 0 saturated heterocycles. The molecule has 5 nitrogen and oxygen atoms in total. The van der Waals surface area contributed by atoms with E-state index in [4.69, 9.17) is 20.3 Å². The Bertz CT molecular complexity index is 499. The quantitative estimate of drug-likeness (QED) is 0.733. The zero-order valence-electron chi connectivity index (χ0n) is 13.9. The van der Waals surface area contributed by atoms with Gasteiger partial charge in [-0.25, -0.2) is 0 Å². The van der Waals surface area contributed by atoms with E-state index in [0.717, 1.165) is 17.1 Å². The number of aliphatic carboxylic acids is 1. The third kappa shape index (κ3) is 4.91. The van der Waals surface area contributed by atoms with Crippen LogP contribution in [0.3, 0.4) is 0 Å². The van der Waals surface area contributed by atoms with Gasteiger partial charge in [0, 0.05) is 0 Å². The largest absolute Gasteiger partial charge is 0.490 e. The number of ether oxygens (including phenoxy) is 2. The molecule has 1 aromatic rings. The first-order chi connectivity index (χ1) is 10.3. The topological polar surface area (TPSA) is 81.8 Å². The van der Waals surface area contributed by atoms with E-state index in [1.807, 2.05) is 39.0 Å². The molecule has 0 heterocycles. The van der Waals surface area contributed by atoms with E-state index < -0.39 is 11.5 Å². The number of rotatable bonds is 9. The van der Waals surface area contributed by atoms with Gasteiger partial charge in [-0.15, -0.1) is 0 Å². The standard InChI is InChI=1S/C17H27NO4/c1-5-21-14-9-7-8-13(15(14)22-6-2)10-12(3)11-17(4,18)16(19)20/h7-9,12H,5-6,10-11,18H2,1-4H3,(H,19,20). The first kappa shape index (κ1) is 18.3. The Morgan fingerprint density at radius 1 is 1.32 bits per heavy atom. The van der Waals surface area contributed by atoms with Crippen molar-refractivity contribution in [2.45, 2.75) is 46.1 Å². The number of carboxylic acid groups (broad SMARTS) is 1. The van der Waals surface area contributed by atoms with E-state index in [1.165, 1.54) is 0 Å². The van der Waals surface area contributed by atoms with Crippen molar-refractivity contribution in [1.82, 2.24) is 0 Å². The van der Waals surface area contributed by atoms with Crippen LogP contribution in [-0.4, -0.2) is 29.8 Å². The van der Waals surface area contributed by atoms with Crippen LogP contribution in [-0.2, 0) is 11.2 Å². The van der Waals surface area contributed by atoms with Crippen molar-refractivity contribution in [3.8, 4) is 11.5 Å². The van der Waals surface area contributed by atoms with Gasteiger partial charge in [-0.1, -0.05) is 19.1 Å². The predicted molar refractivity (Wildman–Crippen MR) is 86.5 cm³/mol. The fourth-order valence-electron chi connectivity index (χ4n) is 2.56. The zero-order valence-corrected chi connectivity index (χ0v) is 13.9. The molecule has 0 bridgehead atoms. The molecule has 0 saturated carbocycles. The SMILES string of the molecule is CCOc1cccc(CC(C)CC(C)(N)C(=O)O)c1OCC. The second kappa shape index (κ2) is 8.03. The van der Waals surface area contributed by atoms with Crippen molar-refractivity contribution >= 4 is 5.97 Å². The highest BCUT2D eigenvalue weighted by Crippen LogP contribution is 2.34. The molecule has 22 heavy (non-hydrogen) atoms. The molecule has 0 radical (unpaired) electrons. The average Bonchev–Trinajstić information content (AvgIpc) is 2.41. The van der Waals surface area contributed by atoms with Gasteiger partial charge in [0.15, 0.2) is 11.5 Å². The summed E-state index contributed by atoms with van der Waals surface area (Å²) in [6.45, 7) is 8.52. The van der Waals surface area contributed by atoms with E-state index in [-0.39, 0.29) is 5.92 Å². The van der Waals surface area contributed by atoms with Gasteiger partial charge in [-0.3, -0.25) is 4.79 Å². The number of para-hydroxylation sites is 1. The molecular weight excluding hydrogens is 282 g/mol. The van der Waals surface area contributed by atoms with E-state index in [1.54, 1.807) is 6.92 Å². The third-order valence-electron chi connectivity index (χ3n) is 3.48. The maximum absolute atomic E-state index is 11.1. The number of carboxylic acids is 1. The lowest BCUT2D eigenvalue weighted by molar-refractivity contribution is -0.143. The summed E-state index contributed by atoms with van der Waals surface area (Å²) in [6.07, 6.45) is 1.09. The van der Waals surface area contributed by atoms with Gasteiger partial charge in [0.1, 0.15) is 5.54 Å². The van der Waals surface area contributed by atoms with E-state index in [0.29, 0.717) is 26.1 Å². The summed E-state index contributed by atoms with van der Waals surface area (Å²) in [5.41, 5.74) is 5.63. The minimum Gasteiger partial charge on any atom is -0.490 e. The van der Waals surface area contributed by atoms with Gasteiger partial charge in [-0.05, 0) is 51.2 Å². The summed E-state index contributed by atoms with van der Waals surface area (Å²) in [6, 6.07) is 5.79. The Balaban J connectivity index is 2.92. The maximum Gasteiger partial charge on any atom is 0.323 e. The van der Waals surface area contributed by atoms with Gasteiger partial charge in [0.2, 0.25) is 0 Å². The summed E-state index contributed by atoms with van der Waals surface area (Å²) in [7, 11) is 0. The minimum atomic E-state index is -1.22. The van der Waals surface area contributed by atoms with E-state index >= 15 is 0 Å². The van der Waals surface area contributed by atoms with E-state index in [2.05, 4.69) is 0 Å². The lowest BCUT2D eigenvalue weighted by atomic mass is 9.87. The predicted octanol–water partition coefficient (Wildman–Crippen LogP) is 2.85. The lowest BCUT2D eigenvalue weighted by Crippen LogP contribution is -2.46. The van der Waals surface area contributed by atoms with Gasteiger partial charge < -0.3 is 20.3 Å². The molecule has 0 aliphatic carbocycles. The number of benzene rings is 1. The molecule has 0 aliphatic heterocycles. The molecule has 0 amide bonds. The first-order valence-electron chi connectivity index (χ1n) is 7.71. The maximum atomic E-state index is 11.1. The summed E-state index contributed by atoms with van der Waals surface area (Å²) < 4.78 is 11.3. The number of carbonyl (C=O) groups is 1. The minimum absolute atomic E-state index is 0.113. The van der Waals surface area contributed by atoms with Crippen LogP contribution >= 0.6 is 0 Å². The molecular formula is C17H27NO4. The summed E-state index contributed by atoms with van der Waals surface area (Å²) in [5.74, 6) is 0.602. The fourth-order valence-corrected chi connectivity index (χ4v) is 2.56. The Morgan fingerprint density at radius 3 is 2.50 bits per heavy atom. The Kier molecular flexibility index (Phi) is 6.68. The van der Waals surface area contributed by atoms with Crippen molar-refractivity contribution in [3.05, 3.63) is 23.8 Å². The highest BCUT2D eigenvalue weighted by Gasteiger charge is 2.30. The van der Waals surface area contributed by atoms with Crippen LogP contribution in [0.25, 0.3) is 0 Å². The van der Waals surface area contributed by atoms with Crippen molar-refractivity contribution in [2.24, 2.45) is 11.7 Å². The van der Waals surface area contributed by atoms with Gasteiger partial charge in [-0.2, -0.15) is 0 Å². The van der Waals surface area contributed by atoms with Crippen molar-refractivity contribution in [1.29, 1.82) is 0 Å². The van der Waals surface area contributed by atoms with Gasteiger partial charge in [0.25, 0.3) is 0 Å². The van der Waals surface area contributed by atoms with Gasteiger partial charge >= 0.3 is 5.97 Å². The first-order valence-corrected chi connectivity index (χ1v) is 7.71. The lowest BCUT2D eigenvalue weighted by Gasteiger charge is -2.24. The Hall–Kier alpha value is -1.75. The molecule has 0 aliphatic rings. The average molecular weight is 309 g/mol. The van der Waals surface area contributed by atoms with Crippen LogP contribution in [0.15, 0.2) is 18.2 Å². The highest BCUT2D eigenvalue weighted by atomic mass is 16.5. The summed E-state index contributed by atoms with van der Waals surface area (Å²) >= 11 is 0. The number of hydrogen-bond donors (Lipinski definition) is 2. The third-order valence-corrected chi connectivity index (χ3v) is 3.48. The molecule has 5 heteroatoms. The summed E-state index contributed by atoms with van der Waals surface area (Å²) in [5, 5.41) is 9.14. The molecule has 2 unspecified atom stereocenters. The van der Waals surface area contributed by atoms with Crippen LogP contribution in [0.2, 0.25) is 0 Å². The normalized spacial score (nSPS) is 15.0. The van der Waals surface area contributed by atoms with E-state index in [9.17, 15) is 4.79 Å². The molecule has 0 fully saturated rings. The molecule has 2 atom stereocenters. The number of nitrogens with two attached hydrogens (primary N) is 1. The smallest absolute Gasteiger partial charge is 0.323 e. The number of hydrogen-bond acceptors (Lipinski definition) is 4. The van der Waals surface area contributed by atoms with Gasteiger partial charge in [0.05, 0.1) is 13.2 Å². The van der Waals surface area contributed by atoms with Crippen LogP contribution in [0.4, 0.5) is 0 Å². The second-order valence-corrected chi connectivity index (χ2v) is 5.85. The van der Waals surface area contributed by atoms with Crippen molar-refractivity contribution in [3.63, 3.8) is 0 Å². The highest BCUT2D eigenvalue weighted by molar-refractivity contribution is 5.77. The molecule has 3 N–H and O–H groups in total. The van der Waals surface area contributed by atoms with Crippen molar-refractivity contribution in [2.75, 3.05) is 13.2 Å². The van der Waals surface area contributed by atoms with Crippen LogP contribution in [0.1, 0.15) is 39.7 Å². The molecule has 0 spiro atoms. The van der Waals surface area contributed by atoms with Crippen LogP contribution in [0, 0.1) is 5.92 Å². The van der Waals surface area contributed by atoms with Crippen LogP contribution < -0.4 is 15.2 Å². The molecule has 0 aromatic heterocycles. The molecule has 124 valence electrons.